The van der Waals surface area contributed by atoms with Crippen molar-refractivity contribution in [2.45, 2.75) is 19.0 Å². The third-order valence-corrected chi connectivity index (χ3v) is 3.16. The molecule has 0 saturated carbocycles. The first-order valence-corrected chi connectivity index (χ1v) is 7.86. The van der Waals surface area contributed by atoms with E-state index in [4.69, 9.17) is 15.2 Å². The minimum Gasteiger partial charge on any atom is -0.490 e. The van der Waals surface area contributed by atoms with Crippen LogP contribution in [0.5, 0.6) is 11.5 Å². The van der Waals surface area contributed by atoms with E-state index < -0.39 is 0 Å². The van der Waals surface area contributed by atoms with Gasteiger partial charge in [0.25, 0.3) is 0 Å². The Kier molecular flexibility index (Phi) is 5.21. The lowest BCUT2D eigenvalue weighted by Gasteiger charge is -2.12. The number of benzene rings is 1. The zero-order chi connectivity index (χ0) is 15.2. The molecule has 0 aliphatic rings. The number of nitrogens with two attached hydrogens (primary N) is 1. The fourth-order valence-electron chi connectivity index (χ4n) is 1.78. The van der Waals surface area contributed by atoms with E-state index in [1.807, 2.05) is 38.3 Å². The molecule has 1 aromatic carbocycles. The number of hydrogen-bond acceptors (Lipinski definition) is 7. The van der Waals surface area contributed by atoms with Crippen LogP contribution in [0.1, 0.15) is 13.8 Å². The lowest BCUT2D eigenvalue weighted by Crippen LogP contribution is -2.02. The molecule has 2 rings (SSSR count). The number of nitrogen functional groups attached to an aromatic ring is 1. The Labute approximate surface area is 128 Å². The predicted molar refractivity (Wildman–Crippen MR) is 83.8 cm³/mol. The largest absolute Gasteiger partial charge is 0.490 e. The molecule has 0 aliphatic heterocycles. The van der Waals surface area contributed by atoms with Crippen LogP contribution >= 0.6 is 11.8 Å². The summed E-state index contributed by atoms with van der Waals surface area (Å²) in [7, 11) is 0. The fourth-order valence-corrected chi connectivity index (χ4v) is 2.15. The van der Waals surface area contributed by atoms with Crippen molar-refractivity contribution in [3.8, 4) is 22.9 Å². The number of hydrogen-bond donors (Lipinski definition) is 1. The summed E-state index contributed by atoms with van der Waals surface area (Å²) in [6.45, 7) is 4.99. The summed E-state index contributed by atoms with van der Waals surface area (Å²) >= 11 is 1.42. The first-order valence-electron chi connectivity index (χ1n) is 6.63. The van der Waals surface area contributed by atoms with Crippen LogP contribution in [0.15, 0.2) is 23.4 Å². The molecule has 0 unspecified atom stereocenters. The Balaban J connectivity index is 2.44. The molecule has 112 valence electrons. The molecule has 0 spiro atoms. The zero-order valence-corrected chi connectivity index (χ0v) is 13.1. The standard InChI is InChI=1S/C14H18N4O2S/c1-4-19-10-7-6-9(8-11(10)20-5-2)12-16-13(15)18-14(17-12)21-3/h6-8H,4-5H2,1-3H3,(H2,15,16,17,18). The Hall–Kier alpha value is -2.02. The second-order valence-corrected chi connectivity index (χ2v) is 4.80. The second kappa shape index (κ2) is 7.12. The maximum atomic E-state index is 5.72. The molecule has 0 saturated heterocycles. The molecule has 21 heavy (non-hydrogen) atoms. The Bertz CT molecular complexity index is 622. The number of aromatic nitrogens is 3. The first kappa shape index (κ1) is 15.4. The van der Waals surface area contributed by atoms with Gasteiger partial charge in [0.15, 0.2) is 22.5 Å². The van der Waals surface area contributed by atoms with Gasteiger partial charge in [-0.15, -0.1) is 0 Å². The minimum absolute atomic E-state index is 0.205. The molecule has 1 aromatic heterocycles. The topological polar surface area (TPSA) is 83.2 Å². The van der Waals surface area contributed by atoms with Gasteiger partial charge in [0.1, 0.15) is 0 Å². The van der Waals surface area contributed by atoms with Crippen LogP contribution in [0.2, 0.25) is 0 Å². The molecule has 0 aliphatic carbocycles. The van der Waals surface area contributed by atoms with Crippen molar-refractivity contribution in [2.24, 2.45) is 0 Å². The van der Waals surface area contributed by atoms with E-state index in [-0.39, 0.29) is 5.95 Å². The quantitative estimate of drug-likeness (QED) is 0.821. The average molecular weight is 306 g/mol. The van der Waals surface area contributed by atoms with Gasteiger partial charge in [-0.2, -0.15) is 9.97 Å². The van der Waals surface area contributed by atoms with Gasteiger partial charge in [0.2, 0.25) is 5.95 Å². The van der Waals surface area contributed by atoms with Gasteiger partial charge in [-0.1, -0.05) is 11.8 Å². The van der Waals surface area contributed by atoms with Crippen molar-refractivity contribution in [3.63, 3.8) is 0 Å². The molecule has 0 radical (unpaired) electrons. The summed E-state index contributed by atoms with van der Waals surface area (Å²) in [5.41, 5.74) is 6.53. The van der Waals surface area contributed by atoms with Gasteiger partial charge in [0, 0.05) is 5.56 Å². The lowest BCUT2D eigenvalue weighted by atomic mass is 10.2. The number of thioether (sulfide) groups is 1. The molecule has 6 nitrogen and oxygen atoms in total. The monoisotopic (exact) mass is 306 g/mol. The number of nitrogens with zero attached hydrogens (tertiary/aromatic N) is 3. The summed E-state index contributed by atoms with van der Waals surface area (Å²) in [6, 6.07) is 5.59. The predicted octanol–water partition coefficient (Wildman–Crippen LogP) is 2.64. The molecule has 2 N–H and O–H groups in total. The van der Waals surface area contributed by atoms with Crippen molar-refractivity contribution >= 4 is 17.7 Å². The van der Waals surface area contributed by atoms with Crippen LogP contribution in [0, 0.1) is 0 Å². The summed E-state index contributed by atoms with van der Waals surface area (Å²) < 4.78 is 11.1. The maximum Gasteiger partial charge on any atom is 0.224 e. The van der Waals surface area contributed by atoms with Gasteiger partial charge in [-0.25, -0.2) is 4.98 Å². The normalized spacial score (nSPS) is 10.4. The van der Waals surface area contributed by atoms with E-state index in [2.05, 4.69) is 15.0 Å². The Morgan fingerprint density at radius 3 is 2.43 bits per heavy atom. The third-order valence-electron chi connectivity index (χ3n) is 2.62. The molecule has 0 amide bonds. The summed E-state index contributed by atoms with van der Waals surface area (Å²) in [6.07, 6.45) is 1.89. The van der Waals surface area contributed by atoms with Crippen LogP contribution in [-0.2, 0) is 0 Å². The molecular formula is C14H18N4O2S. The SMILES string of the molecule is CCOc1ccc(-c2nc(N)nc(SC)n2)cc1OCC. The average Bonchev–Trinajstić information content (AvgIpc) is 2.48. The highest BCUT2D eigenvalue weighted by Crippen LogP contribution is 2.32. The van der Waals surface area contributed by atoms with Crippen LogP contribution in [0.25, 0.3) is 11.4 Å². The minimum atomic E-state index is 0.205. The molecule has 1 heterocycles. The number of anilines is 1. The first-order chi connectivity index (χ1) is 10.2. The zero-order valence-electron chi connectivity index (χ0n) is 12.3. The van der Waals surface area contributed by atoms with Crippen molar-refractivity contribution in [3.05, 3.63) is 18.2 Å². The van der Waals surface area contributed by atoms with Crippen LogP contribution in [-0.4, -0.2) is 34.4 Å². The maximum absolute atomic E-state index is 5.72. The summed E-state index contributed by atoms with van der Waals surface area (Å²) in [4.78, 5) is 12.6. The van der Waals surface area contributed by atoms with Gasteiger partial charge in [-0.3, -0.25) is 0 Å². The van der Waals surface area contributed by atoms with Gasteiger partial charge in [-0.05, 0) is 38.3 Å². The van der Waals surface area contributed by atoms with Crippen molar-refractivity contribution in [1.82, 2.24) is 15.0 Å². The van der Waals surface area contributed by atoms with Crippen molar-refractivity contribution < 1.29 is 9.47 Å². The summed E-state index contributed by atoms with van der Waals surface area (Å²) in [5.74, 6) is 2.10. The van der Waals surface area contributed by atoms with Gasteiger partial charge < -0.3 is 15.2 Å². The van der Waals surface area contributed by atoms with Crippen molar-refractivity contribution in [2.75, 3.05) is 25.2 Å². The van der Waals surface area contributed by atoms with Crippen LogP contribution in [0.3, 0.4) is 0 Å². The molecule has 7 heteroatoms. The van der Waals surface area contributed by atoms with E-state index >= 15 is 0 Å². The van der Waals surface area contributed by atoms with E-state index in [1.54, 1.807) is 0 Å². The summed E-state index contributed by atoms with van der Waals surface area (Å²) in [5, 5.41) is 0.587. The van der Waals surface area contributed by atoms with Crippen LogP contribution < -0.4 is 15.2 Å². The molecule has 2 aromatic rings. The Morgan fingerprint density at radius 2 is 1.76 bits per heavy atom. The number of rotatable bonds is 6. The van der Waals surface area contributed by atoms with E-state index in [0.29, 0.717) is 35.7 Å². The van der Waals surface area contributed by atoms with Gasteiger partial charge in [0.05, 0.1) is 13.2 Å². The van der Waals surface area contributed by atoms with Crippen molar-refractivity contribution in [1.29, 1.82) is 0 Å². The van der Waals surface area contributed by atoms with E-state index in [1.165, 1.54) is 11.8 Å². The molecular weight excluding hydrogens is 288 g/mol. The smallest absolute Gasteiger partial charge is 0.224 e. The Morgan fingerprint density at radius 1 is 1.05 bits per heavy atom. The lowest BCUT2D eigenvalue weighted by molar-refractivity contribution is 0.288. The fraction of sp³-hybridized carbons (Fsp3) is 0.357. The highest BCUT2D eigenvalue weighted by atomic mass is 32.2. The van der Waals surface area contributed by atoms with E-state index in [9.17, 15) is 0 Å². The van der Waals surface area contributed by atoms with Gasteiger partial charge >= 0.3 is 0 Å². The van der Waals surface area contributed by atoms with E-state index in [0.717, 1.165) is 5.56 Å². The highest BCUT2D eigenvalue weighted by Gasteiger charge is 2.11. The molecule has 0 atom stereocenters. The molecule has 0 bridgehead atoms. The second-order valence-electron chi connectivity index (χ2n) is 4.03. The highest BCUT2D eigenvalue weighted by molar-refractivity contribution is 7.98. The number of ether oxygens (including phenoxy) is 2. The third kappa shape index (κ3) is 3.75. The molecule has 0 fully saturated rings. The van der Waals surface area contributed by atoms with Crippen LogP contribution in [0.4, 0.5) is 5.95 Å².